The Bertz CT molecular complexity index is 890. The van der Waals surface area contributed by atoms with E-state index in [9.17, 15) is 18.0 Å². The molecule has 0 saturated carbocycles. The number of hydrogen-bond acceptors (Lipinski definition) is 6. The van der Waals surface area contributed by atoms with Crippen molar-refractivity contribution in [2.24, 2.45) is 0 Å². The first-order chi connectivity index (χ1) is 13.8. The van der Waals surface area contributed by atoms with Crippen LogP contribution < -0.4 is 4.74 Å². The van der Waals surface area contributed by atoms with Gasteiger partial charge in [0.25, 0.3) is 5.91 Å². The number of likely N-dealkylation sites (tertiary alicyclic amines) is 1. The fraction of sp³-hybridized carbons (Fsp3) is 0.474. The van der Waals surface area contributed by atoms with Crippen molar-refractivity contribution in [2.45, 2.75) is 31.2 Å². The van der Waals surface area contributed by atoms with Crippen LogP contribution in [0.15, 0.2) is 29.8 Å². The minimum absolute atomic E-state index is 0.104. The Morgan fingerprint density at radius 2 is 2.28 bits per heavy atom. The van der Waals surface area contributed by atoms with Crippen LogP contribution in [0, 0.1) is 6.92 Å². The van der Waals surface area contributed by atoms with E-state index in [2.05, 4.69) is 4.98 Å². The van der Waals surface area contributed by atoms with Crippen molar-refractivity contribution in [2.75, 3.05) is 26.5 Å². The molecule has 2 aromatic rings. The molecule has 2 fully saturated rings. The second-order valence-electron chi connectivity index (χ2n) is 7.03. The summed E-state index contributed by atoms with van der Waals surface area (Å²) in [5.41, 5.74) is 0.230. The third-order valence-corrected chi connectivity index (χ3v) is 6.07. The van der Waals surface area contributed by atoms with Crippen LogP contribution in [0.1, 0.15) is 27.3 Å². The number of carbonyl (C=O) groups is 1. The smallest absolute Gasteiger partial charge is 0.422 e. The van der Waals surface area contributed by atoms with Crippen LogP contribution in [-0.2, 0) is 15.1 Å². The predicted molar refractivity (Wildman–Crippen MR) is 97.9 cm³/mol. The van der Waals surface area contributed by atoms with E-state index >= 15 is 0 Å². The Hall–Kier alpha value is -2.17. The molecule has 6 nitrogen and oxygen atoms in total. The van der Waals surface area contributed by atoms with E-state index < -0.39 is 18.4 Å². The van der Waals surface area contributed by atoms with E-state index in [1.165, 1.54) is 23.5 Å². The fourth-order valence-electron chi connectivity index (χ4n) is 3.68. The number of piperidine rings is 1. The average Bonchev–Trinajstić information content (AvgIpc) is 3.35. The number of nitrogens with zero attached hydrogens (tertiary/aromatic N) is 2. The molecular weight excluding hydrogens is 409 g/mol. The molecule has 0 bridgehead atoms. The number of amides is 1. The maximum Gasteiger partial charge on any atom is 0.422 e. The van der Waals surface area contributed by atoms with Gasteiger partial charge in [-0.15, -0.1) is 11.3 Å². The van der Waals surface area contributed by atoms with Crippen LogP contribution in [-0.4, -0.2) is 54.6 Å². The van der Waals surface area contributed by atoms with Crippen molar-refractivity contribution in [1.29, 1.82) is 0 Å². The lowest BCUT2D eigenvalue weighted by atomic mass is 9.88. The van der Waals surface area contributed by atoms with Crippen molar-refractivity contribution in [3.63, 3.8) is 0 Å². The van der Waals surface area contributed by atoms with Crippen molar-refractivity contribution in [3.8, 4) is 5.75 Å². The van der Waals surface area contributed by atoms with Crippen molar-refractivity contribution in [3.05, 3.63) is 45.9 Å². The van der Waals surface area contributed by atoms with E-state index in [0.29, 0.717) is 30.6 Å². The number of rotatable bonds is 4. The van der Waals surface area contributed by atoms with Gasteiger partial charge in [0.05, 0.1) is 6.54 Å². The number of carbonyl (C=O) groups excluding carboxylic acids is 1. The quantitative estimate of drug-likeness (QED) is 0.746. The molecule has 10 heteroatoms. The molecule has 2 atom stereocenters. The van der Waals surface area contributed by atoms with Gasteiger partial charge in [-0.3, -0.25) is 4.79 Å². The molecule has 0 unspecified atom stereocenters. The minimum atomic E-state index is -4.41. The zero-order valence-electron chi connectivity index (χ0n) is 15.6. The van der Waals surface area contributed by atoms with E-state index in [1.807, 2.05) is 5.38 Å². The topological polar surface area (TPSA) is 60.9 Å². The van der Waals surface area contributed by atoms with Crippen LogP contribution in [0.25, 0.3) is 0 Å². The van der Waals surface area contributed by atoms with Crippen LogP contribution in [0.3, 0.4) is 0 Å². The molecule has 1 amide bonds. The van der Waals surface area contributed by atoms with Crippen LogP contribution in [0.4, 0.5) is 13.2 Å². The summed E-state index contributed by atoms with van der Waals surface area (Å²) in [6, 6.07) is 4.42. The van der Waals surface area contributed by atoms with E-state index in [-0.39, 0.29) is 24.6 Å². The summed E-state index contributed by atoms with van der Waals surface area (Å²) in [5, 5.41) is 2.72. The van der Waals surface area contributed by atoms with Gasteiger partial charge in [0, 0.05) is 30.1 Å². The SMILES string of the molecule is Cc1cc(C(=O)N2CC[C@]3(c4nccs4)OCO[C@@H]3C2)ccc1OCC(F)(F)F. The number of alkyl halides is 3. The summed E-state index contributed by atoms with van der Waals surface area (Å²) in [6.45, 7) is 1.20. The zero-order valence-corrected chi connectivity index (χ0v) is 16.4. The first-order valence-electron chi connectivity index (χ1n) is 9.03. The lowest BCUT2D eigenvalue weighted by molar-refractivity contribution is -0.153. The molecule has 1 aromatic heterocycles. The van der Waals surface area contributed by atoms with Gasteiger partial charge in [0.1, 0.15) is 23.7 Å². The third kappa shape index (κ3) is 3.96. The molecule has 0 spiro atoms. The van der Waals surface area contributed by atoms with Crippen LogP contribution in [0.2, 0.25) is 0 Å². The van der Waals surface area contributed by atoms with Gasteiger partial charge in [-0.1, -0.05) is 0 Å². The molecule has 156 valence electrons. The molecule has 2 aliphatic rings. The molecule has 2 saturated heterocycles. The van der Waals surface area contributed by atoms with Gasteiger partial charge >= 0.3 is 6.18 Å². The van der Waals surface area contributed by atoms with Gasteiger partial charge < -0.3 is 19.1 Å². The number of aromatic nitrogens is 1. The predicted octanol–water partition coefficient (Wildman–Crippen LogP) is 3.51. The second-order valence-corrected chi connectivity index (χ2v) is 7.92. The van der Waals surface area contributed by atoms with Crippen molar-refractivity contribution in [1.82, 2.24) is 9.88 Å². The van der Waals surface area contributed by atoms with Crippen molar-refractivity contribution < 1.29 is 32.2 Å². The maximum absolute atomic E-state index is 13.0. The molecule has 2 aliphatic heterocycles. The fourth-order valence-corrected chi connectivity index (χ4v) is 4.55. The number of thiazole rings is 1. The Kier molecular flexibility index (Phi) is 5.26. The Morgan fingerprint density at radius 1 is 1.45 bits per heavy atom. The third-order valence-electron chi connectivity index (χ3n) is 5.14. The Labute approximate surface area is 169 Å². The lowest BCUT2D eigenvalue weighted by Gasteiger charge is -2.40. The number of aryl methyl sites for hydroxylation is 1. The highest BCUT2D eigenvalue weighted by molar-refractivity contribution is 7.09. The van der Waals surface area contributed by atoms with E-state index in [0.717, 1.165) is 5.01 Å². The van der Waals surface area contributed by atoms with Gasteiger partial charge in [0.15, 0.2) is 12.2 Å². The molecular formula is C19H19F3N2O4S. The average molecular weight is 428 g/mol. The normalized spacial score (nSPS) is 24.4. The van der Waals surface area contributed by atoms with Crippen LogP contribution >= 0.6 is 11.3 Å². The van der Waals surface area contributed by atoms with Gasteiger partial charge in [-0.25, -0.2) is 4.98 Å². The summed E-state index contributed by atoms with van der Waals surface area (Å²) in [6.07, 6.45) is -2.46. The number of ether oxygens (including phenoxy) is 3. The standard InChI is InChI=1S/C19H19F3N2O4S/c1-12-8-13(2-3-14(12)26-10-19(20,21)22)16(25)24-6-4-18(17-23-5-7-29-17)15(9-24)27-11-28-18/h2-3,5,7-8,15H,4,6,9-11H2,1H3/t15-,18+/m1/s1. The second kappa shape index (κ2) is 7.58. The first-order valence-corrected chi connectivity index (χ1v) is 9.91. The maximum atomic E-state index is 13.0. The molecule has 4 rings (SSSR count). The number of halogens is 3. The monoisotopic (exact) mass is 428 g/mol. The minimum Gasteiger partial charge on any atom is -0.484 e. The highest BCUT2D eigenvalue weighted by atomic mass is 32.1. The largest absolute Gasteiger partial charge is 0.484 e. The molecule has 3 heterocycles. The highest BCUT2D eigenvalue weighted by Gasteiger charge is 2.52. The molecule has 0 N–H and O–H groups in total. The molecule has 0 radical (unpaired) electrons. The number of fused-ring (bicyclic) bond motifs is 1. The Morgan fingerprint density at radius 3 is 2.97 bits per heavy atom. The zero-order chi connectivity index (χ0) is 20.6. The first kappa shape index (κ1) is 20.1. The van der Waals surface area contributed by atoms with Crippen molar-refractivity contribution >= 4 is 17.2 Å². The van der Waals surface area contributed by atoms with E-state index in [1.54, 1.807) is 24.1 Å². The lowest BCUT2D eigenvalue weighted by Crippen LogP contribution is -2.53. The summed E-state index contributed by atoms with van der Waals surface area (Å²) in [5.74, 6) is -0.105. The van der Waals surface area contributed by atoms with Gasteiger partial charge in [0.2, 0.25) is 0 Å². The summed E-state index contributed by atoms with van der Waals surface area (Å²) < 4.78 is 53.5. The van der Waals surface area contributed by atoms with E-state index in [4.69, 9.17) is 14.2 Å². The van der Waals surface area contributed by atoms with Crippen LogP contribution in [0.5, 0.6) is 5.75 Å². The highest BCUT2D eigenvalue weighted by Crippen LogP contribution is 2.43. The van der Waals surface area contributed by atoms with Gasteiger partial charge in [-0.2, -0.15) is 13.2 Å². The van der Waals surface area contributed by atoms with Gasteiger partial charge in [-0.05, 0) is 30.7 Å². The molecule has 0 aliphatic carbocycles. The number of hydrogen-bond donors (Lipinski definition) is 0. The summed E-state index contributed by atoms with van der Waals surface area (Å²) >= 11 is 1.50. The Balaban J connectivity index is 1.46. The number of benzene rings is 1. The molecule has 1 aromatic carbocycles. The summed E-state index contributed by atoms with van der Waals surface area (Å²) in [7, 11) is 0. The summed E-state index contributed by atoms with van der Waals surface area (Å²) in [4.78, 5) is 19.0. The molecule has 29 heavy (non-hydrogen) atoms.